The molecular formula is C19H25N3O3. The van der Waals surface area contributed by atoms with Crippen LogP contribution in [-0.2, 0) is 9.53 Å². The summed E-state index contributed by atoms with van der Waals surface area (Å²) in [6, 6.07) is 9.87. The number of methoxy groups -OCH3 is 1. The van der Waals surface area contributed by atoms with Crippen molar-refractivity contribution in [3.63, 3.8) is 0 Å². The molecule has 2 rings (SSSR count). The lowest BCUT2D eigenvalue weighted by molar-refractivity contribution is -0.126. The van der Waals surface area contributed by atoms with Gasteiger partial charge in [0.05, 0.1) is 24.1 Å². The summed E-state index contributed by atoms with van der Waals surface area (Å²) in [6.45, 7) is 4.31. The van der Waals surface area contributed by atoms with Gasteiger partial charge in [0.15, 0.2) is 0 Å². The number of carbonyl (C=O) groups is 1. The van der Waals surface area contributed by atoms with Gasteiger partial charge in [-0.3, -0.25) is 4.79 Å². The van der Waals surface area contributed by atoms with Crippen LogP contribution in [0.25, 0.3) is 11.8 Å². The van der Waals surface area contributed by atoms with E-state index in [2.05, 4.69) is 5.10 Å². The molecule has 1 heterocycles. The fourth-order valence-electron chi connectivity index (χ4n) is 2.65. The highest BCUT2D eigenvalue weighted by atomic mass is 16.5. The maximum Gasteiger partial charge on any atom is 0.246 e. The Morgan fingerprint density at radius 3 is 2.68 bits per heavy atom. The average molecular weight is 343 g/mol. The number of aromatic nitrogens is 2. The van der Waals surface area contributed by atoms with E-state index in [-0.39, 0.29) is 19.1 Å². The average Bonchev–Trinajstić information content (AvgIpc) is 2.88. The molecule has 0 radical (unpaired) electrons. The van der Waals surface area contributed by atoms with E-state index < -0.39 is 6.10 Å². The minimum Gasteiger partial charge on any atom is -0.389 e. The van der Waals surface area contributed by atoms with Crippen molar-refractivity contribution in [1.29, 1.82) is 0 Å². The van der Waals surface area contributed by atoms with Crippen LogP contribution in [0.2, 0.25) is 0 Å². The van der Waals surface area contributed by atoms with Gasteiger partial charge in [-0.05, 0) is 32.1 Å². The van der Waals surface area contributed by atoms with E-state index in [1.165, 1.54) is 18.1 Å². The number of carbonyl (C=O) groups excluding carboxylic acids is 1. The molecule has 0 saturated heterocycles. The van der Waals surface area contributed by atoms with Crippen LogP contribution >= 0.6 is 0 Å². The molecule has 0 fully saturated rings. The summed E-state index contributed by atoms with van der Waals surface area (Å²) in [5, 5.41) is 14.3. The fourth-order valence-corrected chi connectivity index (χ4v) is 2.65. The number of para-hydroxylation sites is 1. The van der Waals surface area contributed by atoms with Gasteiger partial charge in [-0.1, -0.05) is 18.2 Å². The van der Waals surface area contributed by atoms with Crippen molar-refractivity contribution in [2.45, 2.75) is 20.0 Å². The molecule has 6 heteroatoms. The molecule has 134 valence electrons. The molecule has 0 saturated carbocycles. The Labute approximate surface area is 148 Å². The van der Waals surface area contributed by atoms with Gasteiger partial charge in [-0.25, -0.2) is 4.68 Å². The highest BCUT2D eigenvalue weighted by Gasteiger charge is 2.13. The van der Waals surface area contributed by atoms with E-state index in [4.69, 9.17) is 4.74 Å². The van der Waals surface area contributed by atoms with Gasteiger partial charge in [0, 0.05) is 38.0 Å². The van der Waals surface area contributed by atoms with Crippen LogP contribution in [0.3, 0.4) is 0 Å². The predicted molar refractivity (Wildman–Crippen MR) is 97.6 cm³/mol. The van der Waals surface area contributed by atoms with Crippen molar-refractivity contribution in [2.75, 3.05) is 27.3 Å². The number of aryl methyl sites for hydroxylation is 1. The maximum atomic E-state index is 12.2. The minimum absolute atomic E-state index is 0.179. The third kappa shape index (κ3) is 4.78. The smallest absolute Gasteiger partial charge is 0.246 e. The predicted octanol–water partition coefficient (Wildman–Crippen LogP) is 1.97. The monoisotopic (exact) mass is 343 g/mol. The molecule has 1 N–H and O–H groups in total. The Balaban J connectivity index is 2.13. The maximum absolute atomic E-state index is 12.2. The van der Waals surface area contributed by atoms with E-state index in [0.29, 0.717) is 0 Å². The third-order valence-corrected chi connectivity index (χ3v) is 3.96. The van der Waals surface area contributed by atoms with Gasteiger partial charge in [0.2, 0.25) is 5.91 Å². The number of hydrogen-bond acceptors (Lipinski definition) is 4. The summed E-state index contributed by atoms with van der Waals surface area (Å²) in [7, 11) is 3.17. The van der Waals surface area contributed by atoms with Crippen molar-refractivity contribution in [3.05, 3.63) is 53.4 Å². The topological polar surface area (TPSA) is 67.6 Å². The quantitative estimate of drug-likeness (QED) is 0.781. The van der Waals surface area contributed by atoms with Crippen LogP contribution in [-0.4, -0.2) is 59.1 Å². The number of aliphatic hydroxyl groups is 1. The molecule has 0 aliphatic carbocycles. The highest BCUT2D eigenvalue weighted by Crippen LogP contribution is 2.19. The molecule has 1 atom stereocenters. The molecule has 1 amide bonds. The Kier molecular flexibility index (Phi) is 6.50. The zero-order valence-corrected chi connectivity index (χ0v) is 15.1. The fraction of sp³-hybridized carbons (Fsp3) is 0.368. The molecule has 1 aromatic carbocycles. The second kappa shape index (κ2) is 8.60. The van der Waals surface area contributed by atoms with Crippen molar-refractivity contribution in [3.8, 4) is 5.69 Å². The van der Waals surface area contributed by atoms with Gasteiger partial charge in [-0.2, -0.15) is 5.10 Å². The normalized spacial score (nSPS) is 12.5. The number of likely N-dealkylation sites (N-methyl/N-ethyl adjacent to an activating group) is 1. The number of benzene rings is 1. The Bertz CT molecular complexity index is 738. The largest absolute Gasteiger partial charge is 0.389 e. The lowest BCUT2D eigenvalue weighted by Crippen LogP contribution is -2.35. The Morgan fingerprint density at radius 1 is 1.36 bits per heavy atom. The summed E-state index contributed by atoms with van der Waals surface area (Å²) in [5.74, 6) is -0.179. The first-order chi connectivity index (χ1) is 11.9. The minimum atomic E-state index is -0.698. The van der Waals surface area contributed by atoms with E-state index >= 15 is 0 Å². The van der Waals surface area contributed by atoms with E-state index in [9.17, 15) is 9.90 Å². The standard InChI is InChI=1S/C19H25N3O3/c1-14-18(10-11-19(24)21(3)12-17(23)13-25-4)15(2)22(20-14)16-8-6-5-7-9-16/h5-11,17,23H,12-13H2,1-4H3. The van der Waals surface area contributed by atoms with Crippen LogP contribution in [0.4, 0.5) is 0 Å². The number of ether oxygens (including phenoxy) is 1. The third-order valence-electron chi connectivity index (χ3n) is 3.96. The van der Waals surface area contributed by atoms with E-state index in [1.54, 1.807) is 13.1 Å². The SMILES string of the molecule is COCC(O)CN(C)C(=O)C=Cc1c(C)nn(-c2ccccc2)c1C. The zero-order valence-electron chi connectivity index (χ0n) is 15.1. The first kappa shape index (κ1) is 18.9. The molecule has 1 aromatic heterocycles. The van der Waals surface area contributed by atoms with Gasteiger partial charge in [0.1, 0.15) is 0 Å². The number of aliphatic hydroxyl groups excluding tert-OH is 1. The zero-order chi connectivity index (χ0) is 18.4. The number of nitrogens with zero attached hydrogens (tertiary/aromatic N) is 3. The van der Waals surface area contributed by atoms with Crippen LogP contribution in [0.1, 0.15) is 17.0 Å². The van der Waals surface area contributed by atoms with E-state index in [0.717, 1.165) is 22.6 Å². The van der Waals surface area contributed by atoms with Gasteiger partial charge in [-0.15, -0.1) is 0 Å². The van der Waals surface area contributed by atoms with Crippen LogP contribution < -0.4 is 0 Å². The van der Waals surface area contributed by atoms with Crippen LogP contribution in [0, 0.1) is 13.8 Å². The lowest BCUT2D eigenvalue weighted by Gasteiger charge is -2.18. The molecule has 2 aromatic rings. The molecule has 0 aliphatic rings. The Hall–Kier alpha value is -2.44. The molecule has 25 heavy (non-hydrogen) atoms. The number of amides is 1. The first-order valence-electron chi connectivity index (χ1n) is 8.15. The molecule has 6 nitrogen and oxygen atoms in total. The number of hydrogen-bond donors (Lipinski definition) is 1. The summed E-state index contributed by atoms with van der Waals surface area (Å²) in [6.07, 6.45) is 2.58. The summed E-state index contributed by atoms with van der Waals surface area (Å²) < 4.78 is 6.74. The summed E-state index contributed by atoms with van der Waals surface area (Å²) >= 11 is 0. The van der Waals surface area contributed by atoms with Gasteiger partial charge < -0.3 is 14.7 Å². The molecule has 0 aliphatic heterocycles. The second-order valence-electron chi connectivity index (χ2n) is 5.99. The summed E-state index contributed by atoms with van der Waals surface area (Å²) in [4.78, 5) is 13.7. The molecule has 0 bridgehead atoms. The van der Waals surface area contributed by atoms with Crippen LogP contribution in [0.5, 0.6) is 0 Å². The van der Waals surface area contributed by atoms with Crippen molar-refractivity contribution in [1.82, 2.24) is 14.7 Å². The molecular weight excluding hydrogens is 318 g/mol. The lowest BCUT2D eigenvalue weighted by atomic mass is 10.1. The van der Waals surface area contributed by atoms with Crippen LogP contribution in [0.15, 0.2) is 36.4 Å². The van der Waals surface area contributed by atoms with Gasteiger partial charge >= 0.3 is 0 Å². The van der Waals surface area contributed by atoms with Crippen molar-refractivity contribution >= 4 is 12.0 Å². The van der Waals surface area contributed by atoms with Crippen molar-refractivity contribution in [2.24, 2.45) is 0 Å². The number of rotatable bonds is 7. The van der Waals surface area contributed by atoms with Crippen molar-refractivity contribution < 1.29 is 14.6 Å². The first-order valence-corrected chi connectivity index (χ1v) is 8.15. The highest BCUT2D eigenvalue weighted by molar-refractivity contribution is 5.91. The molecule has 1 unspecified atom stereocenters. The van der Waals surface area contributed by atoms with E-state index in [1.807, 2.05) is 48.9 Å². The Morgan fingerprint density at radius 2 is 2.04 bits per heavy atom. The summed E-state index contributed by atoms with van der Waals surface area (Å²) in [5.41, 5.74) is 3.72. The second-order valence-corrected chi connectivity index (χ2v) is 5.99. The van der Waals surface area contributed by atoms with Gasteiger partial charge in [0.25, 0.3) is 0 Å². The molecule has 0 spiro atoms.